The first-order valence-electron chi connectivity index (χ1n) is 8.71. The van der Waals surface area contributed by atoms with Gasteiger partial charge in [0.2, 0.25) is 0 Å². The quantitative estimate of drug-likeness (QED) is 0.460. The Morgan fingerprint density at radius 3 is 2.21 bits per heavy atom. The minimum atomic E-state index is -0.439. The van der Waals surface area contributed by atoms with Crippen molar-refractivity contribution in [1.82, 2.24) is 14.1 Å². The molecule has 0 aliphatic rings. The van der Waals surface area contributed by atoms with E-state index in [4.69, 9.17) is 34.8 Å². The third kappa shape index (κ3) is 3.94. The van der Waals surface area contributed by atoms with E-state index in [-0.39, 0.29) is 18.6 Å². The molecule has 0 fully saturated rings. The van der Waals surface area contributed by atoms with Gasteiger partial charge < -0.3 is 0 Å². The summed E-state index contributed by atoms with van der Waals surface area (Å²) in [5.74, 6) is 0. The van der Waals surface area contributed by atoms with Gasteiger partial charge in [-0.1, -0.05) is 53.0 Å². The zero-order valence-corrected chi connectivity index (χ0v) is 17.2. The van der Waals surface area contributed by atoms with Crippen LogP contribution in [0, 0.1) is 0 Å². The van der Waals surface area contributed by atoms with E-state index < -0.39 is 11.2 Å². The van der Waals surface area contributed by atoms with Crippen LogP contribution in [-0.2, 0) is 13.1 Å². The molecule has 4 rings (SSSR count). The molecule has 0 saturated carbocycles. The number of nitrogens with zero attached hydrogens (tertiary/aromatic N) is 3. The fourth-order valence-corrected chi connectivity index (χ4v) is 3.57. The summed E-state index contributed by atoms with van der Waals surface area (Å²) in [5, 5.41) is 1.41. The summed E-state index contributed by atoms with van der Waals surface area (Å²) >= 11 is 18.0. The van der Waals surface area contributed by atoms with E-state index in [1.54, 1.807) is 54.6 Å². The van der Waals surface area contributed by atoms with Crippen molar-refractivity contribution < 1.29 is 0 Å². The summed E-state index contributed by atoms with van der Waals surface area (Å²) in [7, 11) is 0. The number of rotatable bonds is 4. The van der Waals surface area contributed by atoms with E-state index in [0.717, 1.165) is 11.1 Å². The van der Waals surface area contributed by atoms with Crippen molar-refractivity contribution in [3.63, 3.8) is 0 Å². The summed E-state index contributed by atoms with van der Waals surface area (Å²) in [6.07, 6.45) is 1.53. The third-order valence-electron chi connectivity index (χ3n) is 4.57. The second kappa shape index (κ2) is 8.03. The van der Waals surface area contributed by atoms with E-state index in [9.17, 15) is 9.59 Å². The summed E-state index contributed by atoms with van der Waals surface area (Å²) < 4.78 is 2.69. The zero-order valence-electron chi connectivity index (χ0n) is 15.0. The number of hydrogen-bond donors (Lipinski definition) is 0. The largest absolute Gasteiger partial charge is 0.332 e. The van der Waals surface area contributed by atoms with Crippen molar-refractivity contribution >= 4 is 45.8 Å². The summed E-state index contributed by atoms with van der Waals surface area (Å²) in [6.45, 7) is 0.335. The fraction of sp³-hybridized carbons (Fsp3) is 0.0952. The number of benzene rings is 2. The highest BCUT2D eigenvalue weighted by Crippen LogP contribution is 2.23. The molecule has 4 aromatic rings. The molecule has 29 heavy (non-hydrogen) atoms. The van der Waals surface area contributed by atoms with Crippen LogP contribution in [0.5, 0.6) is 0 Å². The van der Waals surface area contributed by atoms with Gasteiger partial charge in [0.05, 0.1) is 28.7 Å². The Labute approximate surface area is 180 Å². The van der Waals surface area contributed by atoms with Gasteiger partial charge in [-0.3, -0.25) is 13.9 Å². The number of aromatic nitrogens is 3. The smallest absolute Gasteiger partial charge is 0.287 e. The van der Waals surface area contributed by atoms with E-state index >= 15 is 0 Å². The van der Waals surface area contributed by atoms with E-state index in [1.807, 2.05) is 0 Å². The van der Waals surface area contributed by atoms with Crippen molar-refractivity contribution in [2.24, 2.45) is 0 Å². The molecule has 2 aromatic carbocycles. The van der Waals surface area contributed by atoms with E-state index in [2.05, 4.69) is 4.98 Å². The zero-order chi connectivity index (χ0) is 20.5. The molecule has 0 spiro atoms. The predicted molar refractivity (Wildman–Crippen MR) is 116 cm³/mol. The van der Waals surface area contributed by atoms with Crippen LogP contribution in [0.4, 0.5) is 0 Å². The van der Waals surface area contributed by atoms with Gasteiger partial charge in [0.15, 0.2) is 5.52 Å². The third-order valence-corrected chi connectivity index (χ3v) is 5.56. The Morgan fingerprint density at radius 2 is 1.48 bits per heavy atom. The molecule has 0 atom stereocenters. The monoisotopic (exact) mass is 445 g/mol. The first-order chi connectivity index (χ1) is 13.9. The minimum absolute atomic E-state index is 0.114. The van der Waals surface area contributed by atoms with Crippen molar-refractivity contribution in [3.8, 4) is 0 Å². The molecule has 0 bridgehead atoms. The van der Waals surface area contributed by atoms with Crippen LogP contribution in [0.1, 0.15) is 11.1 Å². The maximum absolute atomic E-state index is 13.2. The van der Waals surface area contributed by atoms with Gasteiger partial charge in [-0.05, 0) is 47.5 Å². The summed E-state index contributed by atoms with van der Waals surface area (Å²) in [4.78, 5) is 30.4. The fourth-order valence-electron chi connectivity index (χ4n) is 3.13. The van der Waals surface area contributed by atoms with Gasteiger partial charge in [-0.15, -0.1) is 0 Å². The second-order valence-corrected chi connectivity index (χ2v) is 7.76. The normalized spacial score (nSPS) is 11.1. The van der Waals surface area contributed by atoms with Crippen LogP contribution >= 0.6 is 34.8 Å². The van der Waals surface area contributed by atoms with Crippen LogP contribution in [-0.4, -0.2) is 14.1 Å². The number of halogens is 3. The van der Waals surface area contributed by atoms with E-state index in [0.29, 0.717) is 20.6 Å². The van der Waals surface area contributed by atoms with Crippen LogP contribution in [0.25, 0.3) is 11.0 Å². The van der Waals surface area contributed by atoms with Crippen LogP contribution in [0.3, 0.4) is 0 Å². The molecule has 8 heteroatoms. The highest BCUT2D eigenvalue weighted by molar-refractivity contribution is 6.42. The average molecular weight is 447 g/mol. The highest BCUT2D eigenvalue weighted by Gasteiger charge is 2.15. The Balaban J connectivity index is 1.88. The highest BCUT2D eigenvalue weighted by atomic mass is 35.5. The lowest BCUT2D eigenvalue weighted by Gasteiger charge is -2.14. The van der Waals surface area contributed by atoms with Crippen molar-refractivity contribution in [2.45, 2.75) is 13.1 Å². The van der Waals surface area contributed by atoms with Gasteiger partial charge in [-0.2, -0.15) is 0 Å². The summed E-state index contributed by atoms with van der Waals surface area (Å²) in [6, 6.07) is 15.6. The van der Waals surface area contributed by atoms with Crippen molar-refractivity contribution in [1.29, 1.82) is 0 Å². The molecule has 0 saturated heterocycles. The number of pyridine rings is 1. The van der Waals surface area contributed by atoms with Crippen LogP contribution < -0.4 is 11.2 Å². The lowest BCUT2D eigenvalue weighted by Crippen LogP contribution is -2.40. The molecule has 5 nitrogen and oxygen atoms in total. The lowest BCUT2D eigenvalue weighted by atomic mass is 10.2. The second-order valence-electron chi connectivity index (χ2n) is 6.51. The van der Waals surface area contributed by atoms with Crippen molar-refractivity contribution in [3.05, 3.63) is 108 Å². The van der Waals surface area contributed by atoms with Crippen LogP contribution in [0.2, 0.25) is 15.1 Å². The Kier molecular flexibility index (Phi) is 5.46. The molecule has 0 unspecified atom stereocenters. The van der Waals surface area contributed by atoms with Gasteiger partial charge >= 0.3 is 5.69 Å². The maximum atomic E-state index is 13.2. The van der Waals surface area contributed by atoms with Gasteiger partial charge in [-0.25, -0.2) is 9.78 Å². The molecule has 2 heterocycles. The van der Waals surface area contributed by atoms with Crippen LogP contribution in [0.15, 0.2) is 70.4 Å². The Bertz CT molecular complexity index is 1330. The van der Waals surface area contributed by atoms with Crippen molar-refractivity contribution in [2.75, 3.05) is 0 Å². The molecule has 0 radical (unpaired) electrons. The van der Waals surface area contributed by atoms with Gasteiger partial charge in [0.1, 0.15) is 0 Å². The SMILES string of the molecule is O=c1c2ncccc2n(Cc2ccc(Cl)c(Cl)c2)c(=O)n1Cc1ccc(Cl)cc1. The maximum Gasteiger partial charge on any atom is 0.332 e. The summed E-state index contributed by atoms with van der Waals surface area (Å²) in [5.41, 5.74) is 1.37. The molecular weight excluding hydrogens is 433 g/mol. The van der Waals surface area contributed by atoms with E-state index in [1.165, 1.54) is 15.3 Å². The molecule has 0 aliphatic carbocycles. The molecule has 0 amide bonds. The predicted octanol–water partition coefficient (Wildman–Crippen LogP) is 4.62. The Morgan fingerprint density at radius 1 is 0.793 bits per heavy atom. The van der Waals surface area contributed by atoms with Gasteiger partial charge in [0, 0.05) is 11.2 Å². The van der Waals surface area contributed by atoms with Gasteiger partial charge in [0.25, 0.3) is 5.56 Å². The number of fused-ring (bicyclic) bond motifs is 1. The molecule has 0 N–H and O–H groups in total. The first-order valence-corrected chi connectivity index (χ1v) is 9.84. The topological polar surface area (TPSA) is 56.9 Å². The average Bonchev–Trinajstić information content (AvgIpc) is 2.72. The molecular formula is C21H14Cl3N3O2. The lowest BCUT2D eigenvalue weighted by molar-refractivity contribution is 0.633. The standard InChI is InChI=1S/C21H14Cl3N3O2/c22-15-6-3-13(4-7-15)11-27-20(28)19-18(2-1-9-25-19)26(21(27)29)12-14-5-8-16(23)17(24)10-14/h1-10H,11-12H2. The molecule has 146 valence electrons. The number of hydrogen-bond acceptors (Lipinski definition) is 3. The Hall–Kier alpha value is -2.60. The first kappa shape index (κ1) is 19.7. The molecule has 2 aromatic heterocycles. The minimum Gasteiger partial charge on any atom is -0.287 e. The molecule has 0 aliphatic heterocycles.